The Labute approximate surface area is 142 Å². The molecule has 4 aromatic rings. The van der Waals surface area contributed by atoms with Gasteiger partial charge in [0.1, 0.15) is 0 Å². The molecule has 0 aromatic heterocycles. The normalized spacial score (nSPS) is 11.6. The maximum atomic E-state index is 4.79. The third-order valence-electron chi connectivity index (χ3n) is 4.50. The molecule has 0 heterocycles. The van der Waals surface area contributed by atoms with Crippen molar-refractivity contribution in [3.8, 4) is 0 Å². The van der Waals surface area contributed by atoms with Crippen LogP contribution in [0.2, 0.25) is 0 Å². The van der Waals surface area contributed by atoms with Gasteiger partial charge in [0.15, 0.2) is 0 Å². The number of hydrogen-bond acceptors (Lipinski definition) is 1. The molecule has 0 amide bonds. The summed E-state index contributed by atoms with van der Waals surface area (Å²) in [6, 6.07) is 25.6. The van der Waals surface area contributed by atoms with Crippen LogP contribution in [0.3, 0.4) is 0 Å². The van der Waals surface area contributed by atoms with Gasteiger partial charge in [-0.25, -0.2) is 0 Å². The number of rotatable bonds is 2. The quantitative estimate of drug-likeness (QED) is 0.302. The second-order valence-corrected chi connectivity index (χ2v) is 6.28. The lowest BCUT2D eigenvalue weighted by Gasteiger charge is -2.08. The molecule has 0 radical (unpaired) electrons. The predicted octanol–water partition coefficient (Wildman–Crippen LogP) is 6.36. The number of fused-ring (bicyclic) bond motifs is 2. The van der Waals surface area contributed by atoms with Gasteiger partial charge in [0.05, 0.1) is 5.69 Å². The maximum Gasteiger partial charge on any atom is 0.0659 e. The van der Waals surface area contributed by atoms with Gasteiger partial charge in [-0.3, -0.25) is 4.99 Å². The van der Waals surface area contributed by atoms with E-state index >= 15 is 0 Å². The van der Waals surface area contributed by atoms with Crippen LogP contribution in [-0.2, 0) is 0 Å². The summed E-state index contributed by atoms with van der Waals surface area (Å²) in [4.78, 5) is 4.79. The van der Waals surface area contributed by atoms with Gasteiger partial charge >= 0.3 is 0 Å². The molecular weight excluding hydrogens is 290 g/mol. The van der Waals surface area contributed by atoms with Crippen LogP contribution in [0.25, 0.3) is 21.5 Å². The molecule has 0 saturated heterocycles. The van der Waals surface area contributed by atoms with Crippen molar-refractivity contribution in [2.45, 2.75) is 13.8 Å². The Morgan fingerprint density at radius 3 is 1.96 bits per heavy atom. The minimum Gasteiger partial charge on any atom is -0.256 e. The first-order chi connectivity index (χ1) is 11.7. The van der Waals surface area contributed by atoms with Crippen LogP contribution in [0.5, 0.6) is 0 Å². The largest absolute Gasteiger partial charge is 0.256 e. The van der Waals surface area contributed by atoms with E-state index < -0.39 is 0 Å². The Balaban J connectivity index is 1.95. The van der Waals surface area contributed by atoms with Gasteiger partial charge in [0.2, 0.25) is 0 Å². The van der Waals surface area contributed by atoms with Crippen molar-refractivity contribution in [1.29, 1.82) is 0 Å². The van der Waals surface area contributed by atoms with E-state index in [0.29, 0.717) is 0 Å². The highest BCUT2D eigenvalue weighted by molar-refractivity contribution is 6.13. The molecule has 24 heavy (non-hydrogen) atoms. The first-order valence-corrected chi connectivity index (χ1v) is 8.24. The lowest BCUT2D eigenvalue weighted by Crippen LogP contribution is -1.88. The Kier molecular flexibility index (Phi) is 3.62. The molecular formula is C23H19N. The molecule has 4 rings (SSSR count). The van der Waals surface area contributed by atoms with Crippen molar-refractivity contribution in [3.63, 3.8) is 0 Å². The van der Waals surface area contributed by atoms with Crippen LogP contribution >= 0.6 is 0 Å². The molecule has 0 unspecified atom stereocenters. The molecule has 1 heteroatoms. The predicted molar refractivity (Wildman–Crippen MR) is 105 cm³/mol. The number of benzene rings is 4. The number of aliphatic imine (C=N–C) groups is 1. The highest BCUT2D eigenvalue weighted by Crippen LogP contribution is 2.28. The van der Waals surface area contributed by atoms with Crippen LogP contribution in [0, 0.1) is 13.8 Å². The molecule has 116 valence electrons. The Morgan fingerprint density at radius 1 is 0.708 bits per heavy atom. The first kappa shape index (κ1) is 14.6. The highest BCUT2D eigenvalue weighted by Gasteiger charge is 2.05. The summed E-state index contributed by atoms with van der Waals surface area (Å²) in [5.41, 5.74) is 4.68. The molecule has 1 nitrogen and oxygen atoms in total. The fourth-order valence-corrected chi connectivity index (χ4v) is 3.27. The Hall–Kier alpha value is -2.93. The van der Waals surface area contributed by atoms with Gasteiger partial charge in [0, 0.05) is 11.8 Å². The second kappa shape index (κ2) is 5.93. The lowest BCUT2D eigenvalue weighted by atomic mass is 9.97. The fraction of sp³-hybridized carbons (Fsp3) is 0.0870. The molecule has 0 saturated carbocycles. The maximum absolute atomic E-state index is 4.79. The minimum atomic E-state index is 1.03. The molecule has 0 aliphatic heterocycles. The highest BCUT2D eigenvalue weighted by atomic mass is 14.7. The molecule has 0 atom stereocenters. The SMILES string of the molecule is Cc1ccc(N=Cc2c3ccccc3cc3ccccc23)c(C)c1. The summed E-state index contributed by atoms with van der Waals surface area (Å²) in [5, 5.41) is 4.98. The number of nitrogens with zero attached hydrogens (tertiary/aromatic N) is 1. The van der Waals surface area contributed by atoms with E-state index in [0.717, 1.165) is 5.69 Å². The van der Waals surface area contributed by atoms with Gasteiger partial charge in [-0.05, 0) is 53.1 Å². The molecule has 0 bridgehead atoms. The van der Waals surface area contributed by atoms with E-state index in [-0.39, 0.29) is 0 Å². The molecule has 0 aliphatic carbocycles. The monoisotopic (exact) mass is 309 g/mol. The van der Waals surface area contributed by atoms with Crippen LogP contribution in [0.15, 0.2) is 77.8 Å². The third-order valence-corrected chi connectivity index (χ3v) is 4.50. The molecule has 0 aliphatic rings. The van der Waals surface area contributed by atoms with Crippen molar-refractivity contribution < 1.29 is 0 Å². The standard InChI is InChI=1S/C23H19N/c1-16-11-12-23(17(2)13-16)24-15-22-20-9-5-3-7-18(20)14-19-8-4-6-10-21(19)22/h3-15H,1-2H3. The van der Waals surface area contributed by atoms with E-state index in [1.54, 1.807) is 0 Å². The van der Waals surface area contributed by atoms with E-state index in [9.17, 15) is 0 Å². The Bertz CT molecular complexity index is 1020. The summed E-state index contributed by atoms with van der Waals surface area (Å²) < 4.78 is 0. The molecule has 0 N–H and O–H groups in total. The van der Waals surface area contributed by atoms with Crippen LogP contribution < -0.4 is 0 Å². The van der Waals surface area contributed by atoms with E-state index in [2.05, 4.69) is 86.6 Å². The molecule has 0 spiro atoms. The zero-order valence-electron chi connectivity index (χ0n) is 14.0. The fourth-order valence-electron chi connectivity index (χ4n) is 3.27. The summed E-state index contributed by atoms with van der Waals surface area (Å²) in [5.74, 6) is 0. The van der Waals surface area contributed by atoms with Gasteiger partial charge in [-0.1, -0.05) is 66.2 Å². The zero-order valence-corrected chi connectivity index (χ0v) is 14.0. The van der Waals surface area contributed by atoms with Crippen molar-refractivity contribution in [3.05, 3.63) is 89.5 Å². The topological polar surface area (TPSA) is 12.4 Å². The van der Waals surface area contributed by atoms with Crippen LogP contribution in [0.1, 0.15) is 16.7 Å². The molecule has 0 fully saturated rings. The number of hydrogen-bond donors (Lipinski definition) is 0. The third kappa shape index (κ3) is 2.59. The summed E-state index contributed by atoms with van der Waals surface area (Å²) >= 11 is 0. The van der Waals surface area contributed by atoms with Crippen molar-refractivity contribution in [2.24, 2.45) is 4.99 Å². The second-order valence-electron chi connectivity index (χ2n) is 6.28. The summed E-state index contributed by atoms with van der Waals surface area (Å²) in [6.07, 6.45) is 2.02. The van der Waals surface area contributed by atoms with Crippen molar-refractivity contribution in [2.75, 3.05) is 0 Å². The van der Waals surface area contributed by atoms with Gasteiger partial charge in [-0.2, -0.15) is 0 Å². The average molecular weight is 309 g/mol. The van der Waals surface area contributed by atoms with E-state index in [1.807, 2.05) is 6.21 Å². The Morgan fingerprint density at radius 2 is 1.33 bits per heavy atom. The van der Waals surface area contributed by atoms with Gasteiger partial charge in [0.25, 0.3) is 0 Å². The van der Waals surface area contributed by atoms with Gasteiger partial charge < -0.3 is 0 Å². The zero-order chi connectivity index (χ0) is 16.5. The minimum absolute atomic E-state index is 1.03. The van der Waals surface area contributed by atoms with Crippen LogP contribution in [-0.4, -0.2) is 6.21 Å². The first-order valence-electron chi connectivity index (χ1n) is 8.24. The van der Waals surface area contributed by atoms with E-state index in [4.69, 9.17) is 4.99 Å². The molecule has 4 aromatic carbocycles. The number of aryl methyl sites for hydroxylation is 2. The van der Waals surface area contributed by atoms with Crippen LogP contribution in [0.4, 0.5) is 5.69 Å². The summed E-state index contributed by atoms with van der Waals surface area (Å²) in [7, 11) is 0. The van der Waals surface area contributed by atoms with E-state index in [1.165, 1.54) is 38.2 Å². The van der Waals surface area contributed by atoms with Crippen molar-refractivity contribution in [1.82, 2.24) is 0 Å². The summed E-state index contributed by atoms with van der Waals surface area (Å²) in [6.45, 7) is 4.22. The van der Waals surface area contributed by atoms with Gasteiger partial charge in [-0.15, -0.1) is 0 Å². The lowest BCUT2D eigenvalue weighted by molar-refractivity contribution is 1.35. The smallest absolute Gasteiger partial charge is 0.0659 e. The van der Waals surface area contributed by atoms with Crippen molar-refractivity contribution >= 4 is 33.4 Å². The average Bonchev–Trinajstić information content (AvgIpc) is 2.60.